The quantitative estimate of drug-likeness (QED) is 0.581. The molecule has 3 aliphatic rings. The third-order valence-electron chi connectivity index (χ3n) is 5.65. The van der Waals surface area contributed by atoms with E-state index in [2.05, 4.69) is 0 Å². The average molecular weight is 421 g/mol. The van der Waals surface area contributed by atoms with E-state index in [-0.39, 0.29) is 18.9 Å². The highest BCUT2D eigenvalue weighted by Crippen LogP contribution is 2.35. The second kappa shape index (κ2) is 11.1. The third kappa shape index (κ3) is 5.94. The van der Waals surface area contributed by atoms with Crippen LogP contribution in [0.2, 0.25) is 0 Å². The summed E-state index contributed by atoms with van der Waals surface area (Å²) in [6, 6.07) is 5.49. The molecule has 0 amide bonds. The molecule has 4 unspecified atom stereocenters. The van der Waals surface area contributed by atoms with Gasteiger partial charge in [-0.05, 0) is 62.6 Å². The maximum absolute atomic E-state index is 11.8. The zero-order valence-corrected chi connectivity index (χ0v) is 17.5. The molecule has 7 nitrogen and oxygen atoms in total. The fourth-order valence-corrected chi connectivity index (χ4v) is 3.95. The minimum absolute atomic E-state index is 0.284. The second-order valence-corrected chi connectivity index (χ2v) is 8.02. The topological polar surface area (TPSA) is 72.5 Å². The van der Waals surface area contributed by atoms with Gasteiger partial charge < -0.3 is 33.2 Å². The van der Waals surface area contributed by atoms with Crippen LogP contribution in [0.4, 0.5) is 0 Å². The fraction of sp³-hybridized carbons (Fsp3) is 0.696. The van der Waals surface area contributed by atoms with Gasteiger partial charge >= 0.3 is 0 Å². The summed E-state index contributed by atoms with van der Waals surface area (Å²) in [7, 11) is 0. The van der Waals surface area contributed by atoms with Crippen molar-refractivity contribution >= 4 is 6.29 Å². The van der Waals surface area contributed by atoms with Crippen molar-refractivity contribution in [3.8, 4) is 11.5 Å². The van der Waals surface area contributed by atoms with Crippen LogP contribution in [-0.4, -0.2) is 45.0 Å². The average Bonchev–Trinajstić information content (AvgIpc) is 2.81. The lowest BCUT2D eigenvalue weighted by atomic mass is 10.1. The predicted octanol–water partition coefficient (Wildman–Crippen LogP) is 4.28. The molecular formula is C23H32O7. The van der Waals surface area contributed by atoms with E-state index in [1.807, 2.05) is 18.2 Å². The Kier molecular flexibility index (Phi) is 7.97. The van der Waals surface area contributed by atoms with Crippen molar-refractivity contribution in [2.24, 2.45) is 0 Å². The van der Waals surface area contributed by atoms with Crippen LogP contribution in [0.3, 0.4) is 0 Å². The van der Waals surface area contributed by atoms with Crippen LogP contribution in [-0.2, 0) is 23.7 Å². The van der Waals surface area contributed by atoms with E-state index in [1.54, 1.807) is 0 Å². The molecule has 0 aromatic heterocycles. The van der Waals surface area contributed by atoms with Gasteiger partial charge in [-0.3, -0.25) is 0 Å². The molecule has 1 aromatic carbocycles. The second-order valence-electron chi connectivity index (χ2n) is 8.02. The van der Waals surface area contributed by atoms with Gasteiger partial charge in [-0.15, -0.1) is 0 Å². The maximum Gasteiger partial charge on any atom is 0.200 e. The molecule has 166 valence electrons. The van der Waals surface area contributed by atoms with Crippen LogP contribution in [0.25, 0.3) is 0 Å². The highest BCUT2D eigenvalue weighted by Gasteiger charge is 2.25. The third-order valence-corrected chi connectivity index (χ3v) is 5.65. The molecule has 0 aliphatic carbocycles. The van der Waals surface area contributed by atoms with Gasteiger partial charge in [-0.25, -0.2) is 0 Å². The molecule has 0 spiro atoms. The van der Waals surface area contributed by atoms with Crippen LogP contribution in [0.15, 0.2) is 18.2 Å². The molecule has 4 atom stereocenters. The zero-order chi connectivity index (χ0) is 20.6. The Bertz CT molecular complexity index is 662. The number of carbonyl (C=O) groups excluding carboxylic acids is 1. The highest BCUT2D eigenvalue weighted by atomic mass is 16.7. The normalized spacial score (nSPS) is 28.5. The Balaban J connectivity index is 1.51. The lowest BCUT2D eigenvalue weighted by Gasteiger charge is -2.28. The van der Waals surface area contributed by atoms with Crippen molar-refractivity contribution in [1.82, 2.24) is 0 Å². The minimum Gasteiger partial charge on any atom is -0.461 e. The van der Waals surface area contributed by atoms with E-state index >= 15 is 0 Å². The summed E-state index contributed by atoms with van der Waals surface area (Å²) in [5, 5.41) is 0. The van der Waals surface area contributed by atoms with Crippen molar-refractivity contribution in [3.63, 3.8) is 0 Å². The number of benzene rings is 1. The smallest absolute Gasteiger partial charge is 0.200 e. The van der Waals surface area contributed by atoms with Crippen molar-refractivity contribution in [2.45, 2.75) is 82.8 Å². The van der Waals surface area contributed by atoms with Crippen LogP contribution >= 0.6 is 0 Å². The zero-order valence-electron chi connectivity index (χ0n) is 17.5. The molecule has 0 saturated carbocycles. The lowest BCUT2D eigenvalue weighted by molar-refractivity contribution is -0.188. The van der Waals surface area contributed by atoms with Crippen LogP contribution < -0.4 is 9.47 Å². The largest absolute Gasteiger partial charge is 0.461 e. The predicted molar refractivity (Wildman–Crippen MR) is 108 cm³/mol. The minimum atomic E-state index is -0.720. The molecule has 3 fully saturated rings. The number of ether oxygens (including phenoxy) is 6. The van der Waals surface area contributed by atoms with Crippen molar-refractivity contribution in [1.29, 1.82) is 0 Å². The van der Waals surface area contributed by atoms with Crippen LogP contribution in [0.1, 0.15) is 69.5 Å². The van der Waals surface area contributed by atoms with Crippen molar-refractivity contribution in [2.75, 3.05) is 19.8 Å². The summed E-state index contributed by atoms with van der Waals surface area (Å²) in [6.45, 7) is 2.05. The molecule has 0 radical (unpaired) electrons. The summed E-state index contributed by atoms with van der Waals surface area (Å²) in [5.74, 6) is 1.15. The van der Waals surface area contributed by atoms with Gasteiger partial charge in [0.2, 0.25) is 0 Å². The summed E-state index contributed by atoms with van der Waals surface area (Å²) < 4.78 is 35.3. The number of rotatable bonds is 8. The molecule has 30 heavy (non-hydrogen) atoms. The summed E-state index contributed by atoms with van der Waals surface area (Å²) in [6.07, 6.45) is 7.90. The van der Waals surface area contributed by atoms with E-state index in [0.29, 0.717) is 36.9 Å². The Morgan fingerprint density at radius 3 is 1.87 bits per heavy atom. The van der Waals surface area contributed by atoms with Gasteiger partial charge in [0.1, 0.15) is 6.10 Å². The highest BCUT2D eigenvalue weighted by molar-refractivity contribution is 5.61. The fourth-order valence-electron chi connectivity index (χ4n) is 3.95. The molecule has 3 saturated heterocycles. The Morgan fingerprint density at radius 2 is 1.33 bits per heavy atom. The Hall–Kier alpha value is -1.67. The first kappa shape index (κ1) is 21.6. The van der Waals surface area contributed by atoms with E-state index in [9.17, 15) is 4.79 Å². The van der Waals surface area contributed by atoms with Gasteiger partial charge in [0.05, 0.1) is 13.2 Å². The number of hydrogen-bond donors (Lipinski definition) is 0. The maximum atomic E-state index is 11.8. The molecule has 0 N–H and O–H groups in total. The molecule has 3 heterocycles. The van der Waals surface area contributed by atoms with Gasteiger partial charge in [-0.2, -0.15) is 0 Å². The summed E-state index contributed by atoms with van der Waals surface area (Å²) in [4.78, 5) is 11.8. The Labute approximate surface area is 177 Å². The molecule has 7 heteroatoms. The van der Waals surface area contributed by atoms with Gasteiger partial charge in [0, 0.05) is 19.4 Å². The standard InChI is InChI=1S/C23H32O7/c24-16-20(30-23-9-3-6-14-27-23)17-10-11-18(28-21-7-1-4-12-25-21)19(15-17)29-22-8-2-5-13-26-22/h10-11,15-16,20-23H,1-9,12-14H2. The van der Waals surface area contributed by atoms with Crippen molar-refractivity contribution in [3.05, 3.63) is 23.8 Å². The van der Waals surface area contributed by atoms with E-state index in [0.717, 1.165) is 64.1 Å². The molecular weight excluding hydrogens is 388 g/mol. The Morgan fingerprint density at radius 1 is 0.767 bits per heavy atom. The van der Waals surface area contributed by atoms with E-state index in [4.69, 9.17) is 28.4 Å². The first-order chi connectivity index (χ1) is 14.8. The molecule has 4 rings (SSSR count). The molecule has 0 bridgehead atoms. The first-order valence-corrected chi connectivity index (χ1v) is 11.2. The SMILES string of the molecule is O=CC(OC1CCCCO1)c1ccc(OC2CCCCO2)c(OC2CCCCO2)c1. The number of hydrogen-bond acceptors (Lipinski definition) is 7. The first-order valence-electron chi connectivity index (χ1n) is 11.2. The van der Waals surface area contributed by atoms with E-state index in [1.165, 1.54) is 0 Å². The van der Waals surface area contributed by atoms with E-state index < -0.39 is 6.10 Å². The number of carbonyl (C=O) groups is 1. The summed E-state index contributed by atoms with van der Waals surface area (Å²) >= 11 is 0. The van der Waals surface area contributed by atoms with Gasteiger partial charge in [0.15, 0.2) is 36.7 Å². The van der Waals surface area contributed by atoms with Crippen LogP contribution in [0.5, 0.6) is 11.5 Å². The van der Waals surface area contributed by atoms with Gasteiger partial charge in [0.25, 0.3) is 0 Å². The molecule has 3 aliphatic heterocycles. The van der Waals surface area contributed by atoms with Crippen molar-refractivity contribution < 1.29 is 33.2 Å². The monoisotopic (exact) mass is 420 g/mol. The molecule has 1 aromatic rings. The lowest BCUT2D eigenvalue weighted by Crippen LogP contribution is -2.28. The number of aldehydes is 1. The summed E-state index contributed by atoms with van der Waals surface area (Å²) in [5.41, 5.74) is 0.710. The van der Waals surface area contributed by atoms with Gasteiger partial charge in [-0.1, -0.05) is 6.07 Å². The van der Waals surface area contributed by atoms with Crippen LogP contribution in [0, 0.1) is 0 Å².